The van der Waals surface area contributed by atoms with Crippen molar-refractivity contribution in [1.82, 2.24) is 5.32 Å². The van der Waals surface area contributed by atoms with Crippen molar-refractivity contribution >= 4 is 0 Å². The number of rotatable bonds is 4. The molecule has 0 bridgehead atoms. The van der Waals surface area contributed by atoms with E-state index in [2.05, 4.69) is 5.32 Å². The van der Waals surface area contributed by atoms with E-state index in [4.69, 9.17) is 0 Å². The van der Waals surface area contributed by atoms with E-state index in [1.54, 1.807) is 0 Å². The zero-order valence-corrected chi connectivity index (χ0v) is 8.86. The highest BCUT2D eigenvalue weighted by atomic mass is 19.4. The first kappa shape index (κ1) is 13.7. The first-order chi connectivity index (χ1) is 7.39. The van der Waals surface area contributed by atoms with Gasteiger partial charge in [0.2, 0.25) is 0 Å². The van der Waals surface area contributed by atoms with Gasteiger partial charge in [-0.1, -0.05) is 6.42 Å². The quantitative estimate of drug-likeness (QED) is 0.750. The highest BCUT2D eigenvalue weighted by molar-refractivity contribution is 4.78. The molecule has 1 fully saturated rings. The lowest BCUT2D eigenvalue weighted by molar-refractivity contribution is -0.185. The Labute approximate surface area is 91.4 Å². The lowest BCUT2D eigenvalue weighted by Crippen LogP contribution is -2.34. The third-order valence-electron chi connectivity index (χ3n) is 2.98. The molecule has 0 heterocycles. The van der Waals surface area contributed by atoms with Gasteiger partial charge in [0.25, 0.3) is 6.43 Å². The van der Waals surface area contributed by atoms with Crippen molar-refractivity contribution in [1.29, 1.82) is 0 Å². The van der Waals surface area contributed by atoms with Crippen LogP contribution in [0.4, 0.5) is 22.0 Å². The maximum Gasteiger partial charge on any atom is 0.391 e. The van der Waals surface area contributed by atoms with Gasteiger partial charge >= 0.3 is 6.18 Å². The smallest absolute Gasteiger partial charge is 0.311 e. The highest BCUT2D eigenvalue weighted by Crippen LogP contribution is 2.39. The van der Waals surface area contributed by atoms with Crippen LogP contribution in [0, 0.1) is 11.8 Å². The van der Waals surface area contributed by atoms with E-state index in [9.17, 15) is 22.0 Å². The van der Waals surface area contributed by atoms with E-state index in [0.717, 1.165) is 0 Å². The number of halogens is 5. The molecule has 1 aliphatic rings. The van der Waals surface area contributed by atoms with Crippen LogP contribution in [0.5, 0.6) is 0 Å². The molecule has 0 aromatic heterocycles. The molecule has 0 amide bonds. The van der Waals surface area contributed by atoms with Gasteiger partial charge in [-0.3, -0.25) is 0 Å². The summed E-state index contributed by atoms with van der Waals surface area (Å²) in [5, 5.41) is 2.51. The summed E-state index contributed by atoms with van der Waals surface area (Å²) in [6.45, 7) is -0.176. The second-order valence-corrected chi connectivity index (χ2v) is 4.32. The van der Waals surface area contributed by atoms with Crippen molar-refractivity contribution in [2.45, 2.75) is 38.3 Å². The van der Waals surface area contributed by atoms with Gasteiger partial charge in [0.1, 0.15) is 0 Å². The fraction of sp³-hybridized carbons (Fsp3) is 1.00. The van der Waals surface area contributed by atoms with Gasteiger partial charge in [0.05, 0.1) is 12.5 Å². The van der Waals surface area contributed by atoms with Crippen molar-refractivity contribution < 1.29 is 22.0 Å². The van der Waals surface area contributed by atoms with E-state index in [0.29, 0.717) is 12.8 Å². The van der Waals surface area contributed by atoms with Crippen LogP contribution in [0.25, 0.3) is 0 Å². The topological polar surface area (TPSA) is 12.0 Å². The third-order valence-corrected chi connectivity index (χ3v) is 2.98. The van der Waals surface area contributed by atoms with Gasteiger partial charge in [-0.15, -0.1) is 0 Å². The summed E-state index contributed by atoms with van der Waals surface area (Å²) in [7, 11) is 0. The summed E-state index contributed by atoms with van der Waals surface area (Å²) in [5.74, 6) is -1.38. The maximum absolute atomic E-state index is 12.4. The normalized spacial score (nSPS) is 27.4. The summed E-state index contributed by atoms with van der Waals surface area (Å²) in [4.78, 5) is 0. The molecule has 6 heteroatoms. The van der Waals surface area contributed by atoms with E-state index >= 15 is 0 Å². The predicted octanol–water partition coefficient (Wildman–Crippen LogP) is 3.21. The van der Waals surface area contributed by atoms with E-state index in [1.165, 1.54) is 0 Å². The van der Waals surface area contributed by atoms with Crippen LogP contribution >= 0.6 is 0 Å². The van der Waals surface area contributed by atoms with Gasteiger partial charge in [-0.25, -0.2) is 8.78 Å². The molecule has 1 N–H and O–H groups in total. The zero-order valence-electron chi connectivity index (χ0n) is 8.86. The molecule has 0 aromatic rings. The average Bonchev–Trinajstić information content (AvgIpc) is 2.16. The molecule has 16 heavy (non-hydrogen) atoms. The second kappa shape index (κ2) is 5.80. The van der Waals surface area contributed by atoms with Gasteiger partial charge < -0.3 is 5.32 Å². The van der Waals surface area contributed by atoms with Crippen LogP contribution in [-0.4, -0.2) is 25.7 Å². The van der Waals surface area contributed by atoms with Crippen molar-refractivity contribution in [3.8, 4) is 0 Å². The van der Waals surface area contributed by atoms with Crippen molar-refractivity contribution in [2.75, 3.05) is 13.1 Å². The Bertz CT molecular complexity index is 204. The Balaban J connectivity index is 2.28. The van der Waals surface area contributed by atoms with Crippen molar-refractivity contribution in [3.05, 3.63) is 0 Å². The molecule has 0 spiro atoms. The molecule has 1 nitrogen and oxygen atoms in total. The molecule has 2 unspecified atom stereocenters. The molecule has 0 radical (unpaired) electrons. The number of nitrogens with one attached hydrogen (secondary N) is 1. The third kappa shape index (κ3) is 4.63. The van der Waals surface area contributed by atoms with Crippen LogP contribution in [0.2, 0.25) is 0 Å². The molecule has 1 saturated carbocycles. The van der Waals surface area contributed by atoms with E-state index in [1.807, 2.05) is 0 Å². The average molecular weight is 245 g/mol. The summed E-state index contributed by atoms with van der Waals surface area (Å²) in [5.41, 5.74) is 0. The van der Waals surface area contributed by atoms with Crippen LogP contribution in [0.1, 0.15) is 25.7 Å². The fourth-order valence-corrected chi connectivity index (χ4v) is 2.17. The molecule has 1 aliphatic carbocycles. The van der Waals surface area contributed by atoms with Gasteiger partial charge in [-0.05, 0) is 31.7 Å². The molecule has 1 rings (SSSR count). The Kier molecular flexibility index (Phi) is 4.95. The van der Waals surface area contributed by atoms with E-state index in [-0.39, 0.29) is 25.3 Å². The minimum atomic E-state index is -4.14. The van der Waals surface area contributed by atoms with Crippen molar-refractivity contribution in [3.63, 3.8) is 0 Å². The lowest BCUT2D eigenvalue weighted by Gasteiger charge is -2.30. The highest BCUT2D eigenvalue weighted by Gasteiger charge is 2.41. The van der Waals surface area contributed by atoms with Crippen molar-refractivity contribution in [2.24, 2.45) is 11.8 Å². The minimum absolute atomic E-state index is 0.0692. The Hall–Kier alpha value is -0.390. The van der Waals surface area contributed by atoms with Crippen LogP contribution < -0.4 is 5.32 Å². The van der Waals surface area contributed by atoms with E-state index < -0.39 is 25.1 Å². The summed E-state index contributed by atoms with van der Waals surface area (Å²) in [6.07, 6.45) is -5.11. The number of hydrogen-bond donors (Lipinski definition) is 1. The Morgan fingerprint density at radius 3 is 2.44 bits per heavy atom. The van der Waals surface area contributed by atoms with Crippen LogP contribution in [0.3, 0.4) is 0 Å². The molecular formula is C10H16F5N. The minimum Gasteiger partial charge on any atom is -0.311 e. The molecular weight excluding hydrogens is 229 g/mol. The SMILES string of the molecule is FC(F)CNCC1CCCC(C(F)(F)F)C1. The fourth-order valence-electron chi connectivity index (χ4n) is 2.17. The maximum atomic E-state index is 12.4. The van der Waals surface area contributed by atoms with Gasteiger partial charge in [0, 0.05) is 0 Å². The molecule has 0 aliphatic heterocycles. The monoisotopic (exact) mass is 245 g/mol. The standard InChI is InChI=1S/C10H16F5N/c11-9(12)6-16-5-7-2-1-3-8(4-7)10(13,14)15/h7-9,16H,1-6H2. The lowest BCUT2D eigenvalue weighted by atomic mass is 9.81. The summed E-state index contributed by atoms with van der Waals surface area (Å²) >= 11 is 0. The molecule has 0 saturated heterocycles. The number of hydrogen-bond acceptors (Lipinski definition) is 1. The van der Waals surface area contributed by atoms with Gasteiger partial charge in [0.15, 0.2) is 0 Å². The molecule has 96 valence electrons. The van der Waals surface area contributed by atoms with Crippen LogP contribution in [-0.2, 0) is 0 Å². The predicted molar refractivity (Wildman–Crippen MR) is 50.4 cm³/mol. The summed E-state index contributed by atoms with van der Waals surface area (Å²) in [6, 6.07) is 0. The second-order valence-electron chi connectivity index (χ2n) is 4.32. The largest absolute Gasteiger partial charge is 0.391 e. The molecule has 2 atom stereocenters. The summed E-state index contributed by atoms with van der Waals surface area (Å²) < 4.78 is 60.9. The van der Waals surface area contributed by atoms with Crippen LogP contribution in [0.15, 0.2) is 0 Å². The van der Waals surface area contributed by atoms with Gasteiger partial charge in [-0.2, -0.15) is 13.2 Å². The number of alkyl halides is 5. The Morgan fingerprint density at radius 2 is 1.88 bits per heavy atom. The first-order valence-corrected chi connectivity index (χ1v) is 5.45. The first-order valence-electron chi connectivity index (χ1n) is 5.45. The molecule has 0 aromatic carbocycles. The Morgan fingerprint density at radius 1 is 1.19 bits per heavy atom. The zero-order chi connectivity index (χ0) is 12.2.